The molecule has 1 rings (SSSR count). The van der Waals surface area contributed by atoms with Gasteiger partial charge in [0.25, 0.3) is 0 Å². The Morgan fingerprint density at radius 2 is 1.86 bits per heavy atom. The number of morpholine rings is 1. The van der Waals surface area contributed by atoms with Gasteiger partial charge in [-0.15, -0.1) is 24.0 Å². The standard InChI is InChI=1S/C15H33N5O.HI/c1-5-20(14(2)3)9-7-18-15(16-4)17-6-8-19-10-12-21-13-11-19;/h14H,5-13H2,1-4H3,(H2,16,17,18);1H. The van der Waals surface area contributed by atoms with Crippen LogP contribution in [0.25, 0.3) is 0 Å². The second-order valence-electron chi connectivity index (χ2n) is 5.60. The topological polar surface area (TPSA) is 52.1 Å². The molecule has 1 fully saturated rings. The lowest BCUT2D eigenvalue weighted by Gasteiger charge is -2.27. The van der Waals surface area contributed by atoms with Gasteiger partial charge in [-0.25, -0.2) is 0 Å². The second kappa shape index (κ2) is 13.3. The van der Waals surface area contributed by atoms with Gasteiger partial charge in [0.15, 0.2) is 5.96 Å². The van der Waals surface area contributed by atoms with Crippen molar-refractivity contribution in [2.24, 2.45) is 4.99 Å². The first-order valence-electron chi connectivity index (χ1n) is 8.16. The minimum absolute atomic E-state index is 0. The SMILES string of the molecule is CCN(CCNC(=NC)NCCN1CCOCC1)C(C)C.I. The predicted octanol–water partition coefficient (Wildman–Crippen LogP) is 0.832. The summed E-state index contributed by atoms with van der Waals surface area (Å²) in [6, 6.07) is 0.591. The fourth-order valence-electron chi connectivity index (χ4n) is 2.48. The van der Waals surface area contributed by atoms with Crippen LogP contribution in [-0.4, -0.2) is 87.9 Å². The van der Waals surface area contributed by atoms with Crippen LogP contribution in [0, 0.1) is 0 Å². The zero-order valence-electron chi connectivity index (χ0n) is 14.6. The molecular formula is C15H34IN5O. The smallest absolute Gasteiger partial charge is 0.191 e. The number of likely N-dealkylation sites (N-methyl/N-ethyl adjacent to an activating group) is 1. The van der Waals surface area contributed by atoms with Crippen molar-refractivity contribution in [1.29, 1.82) is 0 Å². The Labute approximate surface area is 153 Å². The van der Waals surface area contributed by atoms with Crippen LogP contribution in [-0.2, 0) is 4.74 Å². The van der Waals surface area contributed by atoms with Gasteiger partial charge in [0, 0.05) is 52.4 Å². The molecule has 0 spiro atoms. The Morgan fingerprint density at radius 3 is 2.41 bits per heavy atom. The van der Waals surface area contributed by atoms with Gasteiger partial charge >= 0.3 is 0 Å². The third kappa shape index (κ3) is 9.12. The zero-order chi connectivity index (χ0) is 15.5. The van der Waals surface area contributed by atoms with E-state index in [2.05, 4.69) is 46.2 Å². The maximum Gasteiger partial charge on any atom is 0.191 e. The largest absolute Gasteiger partial charge is 0.379 e. The molecule has 2 N–H and O–H groups in total. The lowest BCUT2D eigenvalue weighted by molar-refractivity contribution is 0.0389. The summed E-state index contributed by atoms with van der Waals surface area (Å²) in [5.74, 6) is 0.892. The van der Waals surface area contributed by atoms with Gasteiger partial charge in [0.05, 0.1) is 13.2 Å². The van der Waals surface area contributed by atoms with Crippen LogP contribution in [0.5, 0.6) is 0 Å². The minimum Gasteiger partial charge on any atom is -0.379 e. The van der Waals surface area contributed by atoms with E-state index in [4.69, 9.17) is 4.74 Å². The monoisotopic (exact) mass is 427 g/mol. The Hall–Kier alpha value is -0.120. The highest BCUT2D eigenvalue weighted by molar-refractivity contribution is 14.0. The number of nitrogens with one attached hydrogen (secondary N) is 2. The highest BCUT2D eigenvalue weighted by Crippen LogP contribution is 1.96. The summed E-state index contributed by atoms with van der Waals surface area (Å²) in [4.78, 5) is 9.13. The summed E-state index contributed by atoms with van der Waals surface area (Å²) >= 11 is 0. The molecule has 0 aliphatic carbocycles. The number of guanidine groups is 1. The molecule has 1 saturated heterocycles. The molecule has 1 aliphatic heterocycles. The van der Waals surface area contributed by atoms with E-state index >= 15 is 0 Å². The number of rotatable bonds is 8. The Kier molecular flexibility index (Phi) is 13.3. The molecule has 0 aromatic rings. The summed E-state index contributed by atoms with van der Waals surface area (Å²) < 4.78 is 5.35. The number of halogens is 1. The molecule has 1 aliphatic rings. The number of aliphatic imine (C=N–C) groups is 1. The summed E-state index contributed by atoms with van der Waals surface area (Å²) in [5, 5.41) is 6.76. The molecule has 0 saturated carbocycles. The summed E-state index contributed by atoms with van der Waals surface area (Å²) in [6.07, 6.45) is 0. The van der Waals surface area contributed by atoms with Crippen molar-refractivity contribution in [3.8, 4) is 0 Å². The van der Waals surface area contributed by atoms with Crippen molar-refractivity contribution in [2.45, 2.75) is 26.8 Å². The van der Waals surface area contributed by atoms with Crippen LogP contribution < -0.4 is 10.6 Å². The quantitative estimate of drug-likeness (QED) is 0.342. The highest BCUT2D eigenvalue weighted by atomic mass is 127. The van der Waals surface area contributed by atoms with E-state index in [1.54, 1.807) is 0 Å². The first kappa shape index (κ1) is 21.9. The van der Waals surface area contributed by atoms with E-state index in [1.807, 2.05) is 7.05 Å². The lowest BCUT2D eigenvalue weighted by atomic mass is 10.3. The van der Waals surface area contributed by atoms with E-state index in [9.17, 15) is 0 Å². The van der Waals surface area contributed by atoms with Crippen molar-refractivity contribution in [1.82, 2.24) is 20.4 Å². The van der Waals surface area contributed by atoms with Gasteiger partial charge in [0.2, 0.25) is 0 Å². The van der Waals surface area contributed by atoms with Crippen molar-refractivity contribution in [2.75, 3.05) is 66.1 Å². The van der Waals surface area contributed by atoms with Gasteiger partial charge in [-0.1, -0.05) is 6.92 Å². The normalized spacial score (nSPS) is 16.7. The van der Waals surface area contributed by atoms with Gasteiger partial charge in [0.1, 0.15) is 0 Å². The molecule has 132 valence electrons. The van der Waals surface area contributed by atoms with Crippen molar-refractivity contribution in [3.63, 3.8) is 0 Å². The molecule has 0 unspecified atom stereocenters. The molecule has 0 amide bonds. The third-order valence-corrected chi connectivity index (χ3v) is 3.88. The summed E-state index contributed by atoms with van der Waals surface area (Å²) in [5.41, 5.74) is 0. The molecule has 1 heterocycles. The predicted molar refractivity (Wildman–Crippen MR) is 104 cm³/mol. The molecule has 0 radical (unpaired) electrons. The molecule has 22 heavy (non-hydrogen) atoms. The van der Waals surface area contributed by atoms with E-state index < -0.39 is 0 Å². The average Bonchev–Trinajstić information content (AvgIpc) is 2.50. The molecule has 0 aromatic heterocycles. The van der Waals surface area contributed by atoms with Gasteiger partial charge in [-0.05, 0) is 20.4 Å². The van der Waals surface area contributed by atoms with Gasteiger partial charge in [-0.3, -0.25) is 14.8 Å². The molecule has 6 nitrogen and oxygen atoms in total. The van der Waals surface area contributed by atoms with Crippen LogP contribution in [0.15, 0.2) is 4.99 Å². The first-order valence-corrected chi connectivity index (χ1v) is 8.16. The van der Waals surface area contributed by atoms with Crippen LogP contribution in [0.3, 0.4) is 0 Å². The van der Waals surface area contributed by atoms with Crippen LogP contribution in [0.2, 0.25) is 0 Å². The van der Waals surface area contributed by atoms with Crippen LogP contribution >= 0.6 is 24.0 Å². The molecule has 0 bridgehead atoms. The summed E-state index contributed by atoms with van der Waals surface area (Å²) in [6.45, 7) is 15.5. The Morgan fingerprint density at radius 1 is 1.23 bits per heavy atom. The number of hydrogen-bond acceptors (Lipinski definition) is 4. The van der Waals surface area contributed by atoms with E-state index in [0.29, 0.717) is 6.04 Å². The van der Waals surface area contributed by atoms with Crippen LogP contribution in [0.1, 0.15) is 20.8 Å². The number of nitrogens with zero attached hydrogens (tertiary/aromatic N) is 3. The van der Waals surface area contributed by atoms with E-state index in [0.717, 1.165) is 65.0 Å². The maximum absolute atomic E-state index is 5.35. The number of hydrogen-bond donors (Lipinski definition) is 2. The molecule has 7 heteroatoms. The Bertz CT molecular complexity index is 296. The van der Waals surface area contributed by atoms with Crippen molar-refractivity contribution in [3.05, 3.63) is 0 Å². The molecule has 0 atom stereocenters. The van der Waals surface area contributed by atoms with Crippen molar-refractivity contribution >= 4 is 29.9 Å². The van der Waals surface area contributed by atoms with E-state index in [-0.39, 0.29) is 24.0 Å². The van der Waals surface area contributed by atoms with Crippen LogP contribution in [0.4, 0.5) is 0 Å². The fourth-order valence-corrected chi connectivity index (χ4v) is 2.48. The maximum atomic E-state index is 5.35. The Balaban J connectivity index is 0.00000441. The minimum atomic E-state index is 0. The van der Waals surface area contributed by atoms with Gasteiger partial charge < -0.3 is 15.4 Å². The fraction of sp³-hybridized carbons (Fsp3) is 0.933. The zero-order valence-corrected chi connectivity index (χ0v) is 16.9. The first-order chi connectivity index (χ1) is 10.2. The molecule has 0 aromatic carbocycles. The average molecular weight is 427 g/mol. The summed E-state index contributed by atoms with van der Waals surface area (Å²) in [7, 11) is 1.82. The lowest BCUT2D eigenvalue weighted by Crippen LogP contribution is -2.46. The second-order valence-corrected chi connectivity index (χ2v) is 5.60. The third-order valence-electron chi connectivity index (χ3n) is 3.88. The number of ether oxygens (including phenoxy) is 1. The van der Waals surface area contributed by atoms with Crippen molar-refractivity contribution < 1.29 is 4.74 Å². The van der Waals surface area contributed by atoms with E-state index in [1.165, 1.54) is 0 Å². The van der Waals surface area contributed by atoms with Gasteiger partial charge in [-0.2, -0.15) is 0 Å². The highest BCUT2D eigenvalue weighted by Gasteiger charge is 2.10. The molecular weight excluding hydrogens is 393 g/mol.